The molecule has 3 rings (SSSR count). The molecule has 0 bridgehead atoms. The fourth-order valence-corrected chi connectivity index (χ4v) is 3.66. The summed E-state index contributed by atoms with van der Waals surface area (Å²) in [5.41, 5.74) is 7.05. The van der Waals surface area contributed by atoms with Crippen LogP contribution in [0.5, 0.6) is 0 Å². The minimum atomic E-state index is -0.160. The summed E-state index contributed by atoms with van der Waals surface area (Å²) in [6.07, 6.45) is 15.4. The molecule has 0 atom stereocenters. The van der Waals surface area contributed by atoms with Gasteiger partial charge in [-0.15, -0.1) is 0 Å². The van der Waals surface area contributed by atoms with E-state index in [0.29, 0.717) is 12.0 Å². The van der Waals surface area contributed by atoms with E-state index in [0.717, 1.165) is 39.4 Å². The molecule has 188 valence electrons. The lowest BCUT2D eigenvalue weighted by atomic mass is 10.1. The first-order valence-electron chi connectivity index (χ1n) is 12.3. The van der Waals surface area contributed by atoms with Gasteiger partial charge in [0.25, 0.3) is 5.91 Å². The fraction of sp³-hybridized carbons (Fsp3) is 0.125. The molecule has 0 radical (unpaired) electrons. The molecule has 37 heavy (non-hydrogen) atoms. The number of allylic oxidation sites excluding steroid dienone is 8. The van der Waals surface area contributed by atoms with Gasteiger partial charge >= 0.3 is 0 Å². The normalized spacial score (nSPS) is 12.5. The van der Waals surface area contributed by atoms with Gasteiger partial charge in [0.15, 0.2) is 0 Å². The zero-order chi connectivity index (χ0) is 26.6. The quantitative estimate of drug-likeness (QED) is 0.242. The number of hydrogen-bond donors (Lipinski definition) is 3. The number of carbonyl (C=O) groups excluding carboxylic acids is 1. The molecule has 3 N–H and O–H groups in total. The summed E-state index contributed by atoms with van der Waals surface area (Å²) in [6, 6.07) is 15.6. The zero-order valence-electron chi connectivity index (χ0n) is 21.7. The number of hydrogen-bond acceptors (Lipinski definition) is 4. The van der Waals surface area contributed by atoms with Crippen LogP contribution in [0.1, 0.15) is 36.2 Å². The van der Waals surface area contributed by atoms with Crippen molar-refractivity contribution in [2.75, 3.05) is 5.32 Å². The highest BCUT2D eigenvalue weighted by Gasteiger charge is 2.08. The highest BCUT2D eigenvalue weighted by molar-refractivity contribution is 5.96. The van der Waals surface area contributed by atoms with E-state index in [-0.39, 0.29) is 5.91 Å². The van der Waals surface area contributed by atoms with Crippen molar-refractivity contribution < 1.29 is 4.79 Å². The SMILES string of the molecule is C=C/C=C(\C=C/C)N/C(C=C)=C/C=C(\CC)NC(=O)c1ccc(Nc2ccnc3ccc(C)cc23)cc1. The van der Waals surface area contributed by atoms with Crippen molar-refractivity contribution in [1.82, 2.24) is 15.6 Å². The number of rotatable bonds is 11. The third kappa shape index (κ3) is 7.67. The van der Waals surface area contributed by atoms with Crippen molar-refractivity contribution >= 4 is 28.2 Å². The van der Waals surface area contributed by atoms with Gasteiger partial charge in [-0.1, -0.05) is 43.9 Å². The second-order valence-corrected chi connectivity index (χ2v) is 8.39. The Balaban J connectivity index is 1.70. The molecular weight excluding hydrogens is 456 g/mol. The summed E-state index contributed by atoms with van der Waals surface area (Å²) in [5.74, 6) is -0.160. The van der Waals surface area contributed by atoms with Crippen LogP contribution in [0.3, 0.4) is 0 Å². The number of benzene rings is 2. The molecule has 5 nitrogen and oxygen atoms in total. The molecule has 1 amide bonds. The number of aryl methyl sites for hydroxylation is 1. The molecule has 0 unspecified atom stereocenters. The van der Waals surface area contributed by atoms with E-state index in [2.05, 4.69) is 53.1 Å². The van der Waals surface area contributed by atoms with Crippen LogP contribution >= 0.6 is 0 Å². The lowest BCUT2D eigenvalue weighted by Gasteiger charge is -2.12. The van der Waals surface area contributed by atoms with Crippen molar-refractivity contribution in [2.24, 2.45) is 0 Å². The first-order valence-corrected chi connectivity index (χ1v) is 12.3. The third-order valence-corrected chi connectivity index (χ3v) is 5.59. The number of carbonyl (C=O) groups is 1. The zero-order valence-corrected chi connectivity index (χ0v) is 21.7. The van der Waals surface area contributed by atoms with E-state index in [4.69, 9.17) is 0 Å². The molecule has 1 aromatic heterocycles. The van der Waals surface area contributed by atoms with Crippen molar-refractivity contribution in [3.63, 3.8) is 0 Å². The maximum atomic E-state index is 12.9. The molecule has 0 aliphatic heterocycles. The van der Waals surface area contributed by atoms with E-state index in [1.807, 2.05) is 80.6 Å². The van der Waals surface area contributed by atoms with Crippen molar-refractivity contribution in [1.29, 1.82) is 0 Å². The first-order chi connectivity index (χ1) is 18.0. The standard InChI is InChI=1S/C32H34N4O/c1-6-10-27(11-7-2)34-25(8-3)17-18-26(9-4)36-32(37)24-13-15-28(16-14-24)35-31-20-21-33-30-19-12-23(5)22-29(30)31/h6-8,10-22,34H,1,3,9H2,2,4-5H3,(H,33,35)(H,36,37)/b11-7-,25-17+,26-18+,27-10+. The van der Waals surface area contributed by atoms with Crippen molar-refractivity contribution in [2.45, 2.75) is 27.2 Å². The molecule has 0 saturated heterocycles. The maximum absolute atomic E-state index is 12.9. The summed E-state index contributed by atoms with van der Waals surface area (Å²) in [7, 11) is 0. The molecule has 3 aromatic rings. The number of amides is 1. The molecule has 5 heteroatoms. The molecule has 0 spiro atoms. The van der Waals surface area contributed by atoms with E-state index in [1.54, 1.807) is 18.3 Å². The van der Waals surface area contributed by atoms with Crippen LogP contribution in [0, 0.1) is 6.92 Å². The molecule has 0 aliphatic rings. The minimum Gasteiger partial charge on any atom is -0.356 e. The minimum absolute atomic E-state index is 0.160. The lowest BCUT2D eigenvalue weighted by molar-refractivity contribution is 0.0965. The highest BCUT2D eigenvalue weighted by Crippen LogP contribution is 2.26. The number of nitrogens with zero attached hydrogens (tertiary/aromatic N) is 1. The second kappa shape index (κ2) is 13.4. The molecule has 0 saturated carbocycles. The summed E-state index contributed by atoms with van der Waals surface area (Å²) in [5, 5.41) is 10.8. The molecular formula is C32H34N4O. The average Bonchev–Trinajstić information content (AvgIpc) is 2.91. The number of aromatic nitrogens is 1. The maximum Gasteiger partial charge on any atom is 0.255 e. The number of nitrogens with one attached hydrogen (secondary N) is 3. The van der Waals surface area contributed by atoms with Crippen molar-refractivity contribution in [3.8, 4) is 0 Å². The smallest absolute Gasteiger partial charge is 0.255 e. The predicted octanol–water partition coefficient (Wildman–Crippen LogP) is 7.62. The molecule has 2 aromatic carbocycles. The Morgan fingerprint density at radius 3 is 2.43 bits per heavy atom. The summed E-state index contributed by atoms with van der Waals surface area (Å²) in [4.78, 5) is 17.3. The molecule has 0 aliphatic carbocycles. The van der Waals surface area contributed by atoms with E-state index in [1.165, 1.54) is 5.56 Å². The highest BCUT2D eigenvalue weighted by atomic mass is 16.1. The van der Waals surface area contributed by atoms with Gasteiger partial charge in [-0.25, -0.2) is 0 Å². The monoisotopic (exact) mass is 490 g/mol. The van der Waals surface area contributed by atoms with Gasteiger partial charge in [-0.05, 0) is 93.1 Å². The van der Waals surface area contributed by atoms with Crippen LogP contribution in [0.4, 0.5) is 11.4 Å². The molecule has 1 heterocycles. The van der Waals surface area contributed by atoms with Crippen LogP contribution < -0.4 is 16.0 Å². The summed E-state index contributed by atoms with van der Waals surface area (Å²) in [6.45, 7) is 13.6. The van der Waals surface area contributed by atoms with Crippen LogP contribution in [-0.2, 0) is 0 Å². The second-order valence-electron chi connectivity index (χ2n) is 8.39. The van der Waals surface area contributed by atoms with Gasteiger partial charge in [0.2, 0.25) is 0 Å². The van der Waals surface area contributed by atoms with Gasteiger partial charge < -0.3 is 16.0 Å². The van der Waals surface area contributed by atoms with Crippen molar-refractivity contribution in [3.05, 3.63) is 139 Å². The summed E-state index contributed by atoms with van der Waals surface area (Å²) < 4.78 is 0. The third-order valence-electron chi connectivity index (χ3n) is 5.59. The van der Waals surface area contributed by atoms with Gasteiger partial charge in [0.1, 0.15) is 0 Å². The van der Waals surface area contributed by atoms with Gasteiger partial charge in [0, 0.05) is 45.6 Å². The summed E-state index contributed by atoms with van der Waals surface area (Å²) >= 11 is 0. The first kappa shape index (κ1) is 27.0. The molecule has 0 fully saturated rings. The van der Waals surface area contributed by atoms with Crippen LogP contribution in [0.2, 0.25) is 0 Å². The number of pyridine rings is 1. The van der Waals surface area contributed by atoms with Gasteiger partial charge in [0.05, 0.1) is 5.52 Å². The van der Waals surface area contributed by atoms with E-state index >= 15 is 0 Å². The predicted molar refractivity (Wildman–Crippen MR) is 157 cm³/mol. The van der Waals surface area contributed by atoms with Gasteiger partial charge in [-0.3, -0.25) is 9.78 Å². The lowest BCUT2D eigenvalue weighted by Crippen LogP contribution is -2.22. The van der Waals surface area contributed by atoms with Gasteiger partial charge in [-0.2, -0.15) is 0 Å². The Hall–Kier alpha value is -4.64. The number of fused-ring (bicyclic) bond motifs is 1. The van der Waals surface area contributed by atoms with E-state index in [9.17, 15) is 4.79 Å². The van der Waals surface area contributed by atoms with Crippen LogP contribution in [0.25, 0.3) is 10.9 Å². The Labute approximate surface area is 219 Å². The Kier molecular flexibility index (Phi) is 9.80. The fourth-order valence-electron chi connectivity index (χ4n) is 3.66. The largest absolute Gasteiger partial charge is 0.356 e. The Bertz CT molecular complexity index is 1390. The number of anilines is 2. The topological polar surface area (TPSA) is 66.0 Å². The Morgan fingerprint density at radius 2 is 1.76 bits per heavy atom. The van der Waals surface area contributed by atoms with Crippen LogP contribution in [0.15, 0.2) is 128 Å². The Morgan fingerprint density at radius 1 is 0.973 bits per heavy atom. The van der Waals surface area contributed by atoms with E-state index < -0.39 is 0 Å². The average molecular weight is 491 g/mol. The van der Waals surface area contributed by atoms with Crippen LogP contribution in [-0.4, -0.2) is 10.9 Å².